The Morgan fingerprint density at radius 2 is 2.08 bits per heavy atom. The minimum absolute atomic E-state index is 0.166. The molecule has 3 aromatic rings. The Balaban J connectivity index is 1.68. The summed E-state index contributed by atoms with van der Waals surface area (Å²) >= 11 is 3.28. The van der Waals surface area contributed by atoms with E-state index < -0.39 is 0 Å². The molecule has 3 rings (SSSR count). The lowest BCUT2D eigenvalue weighted by Gasteiger charge is -2.06. The molecule has 0 saturated carbocycles. The first-order valence-electron chi connectivity index (χ1n) is 7.83. The molecule has 134 valence electrons. The van der Waals surface area contributed by atoms with Crippen molar-refractivity contribution >= 4 is 21.8 Å². The maximum atomic E-state index is 13.1. The number of nitrogens with two attached hydrogens (primary N) is 1. The highest BCUT2D eigenvalue weighted by molar-refractivity contribution is 9.10. The highest BCUT2D eigenvalue weighted by Gasteiger charge is 2.07. The van der Waals surface area contributed by atoms with Crippen molar-refractivity contribution in [1.29, 1.82) is 0 Å². The van der Waals surface area contributed by atoms with E-state index in [0.29, 0.717) is 15.9 Å². The number of halogens is 2. The maximum Gasteiger partial charge on any atom is 0.171 e. The van der Waals surface area contributed by atoms with E-state index in [9.17, 15) is 4.39 Å². The summed E-state index contributed by atoms with van der Waals surface area (Å²) < 4.78 is 15.4. The second-order valence-electron chi connectivity index (χ2n) is 5.73. The van der Waals surface area contributed by atoms with Gasteiger partial charge in [0, 0.05) is 27.5 Å². The first-order valence-corrected chi connectivity index (χ1v) is 8.63. The Labute approximate surface area is 158 Å². The normalized spacial score (nSPS) is 11.6. The number of aryl methyl sites for hydroxylation is 2. The van der Waals surface area contributed by atoms with Gasteiger partial charge in [-0.05, 0) is 44.2 Å². The molecule has 0 aliphatic rings. The average molecular weight is 418 g/mol. The first-order chi connectivity index (χ1) is 12.4. The summed E-state index contributed by atoms with van der Waals surface area (Å²) in [5, 5.41) is 8.28. The molecule has 0 unspecified atom stereocenters. The van der Waals surface area contributed by atoms with E-state index >= 15 is 0 Å². The molecule has 2 heterocycles. The van der Waals surface area contributed by atoms with Crippen LogP contribution in [0.1, 0.15) is 22.5 Å². The van der Waals surface area contributed by atoms with Crippen LogP contribution >= 0.6 is 15.9 Å². The smallest absolute Gasteiger partial charge is 0.171 e. The van der Waals surface area contributed by atoms with Gasteiger partial charge in [0.2, 0.25) is 0 Å². The van der Waals surface area contributed by atoms with Crippen molar-refractivity contribution in [3.05, 3.63) is 75.4 Å². The Bertz CT molecular complexity index is 953. The van der Waals surface area contributed by atoms with Crippen LogP contribution < -0.4 is 5.73 Å². The van der Waals surface area contributed by atoms with Crippen LogP contribution in [0.3, 0.4) is 0 Å². The molecular formula is C18H17BrFN5O. The van der Waals surface area contributed by atoms with E-state index in [1.165, 1.54) is 12.1 Å². The third-order valence-electron chi connectivity index (χ3n) is 3.67. The third kappa shape index (κ3) is 4.08. The largest absolute Gasteiger partial charge is 0.389 e. The second-order valence-corrected chi connectivity index (χ2v) is 6.58. The molecule has 2 aromatic heterocycles. The summed E-state index contributed by atoms with van der Waals surface area (Å²) in [6.07, 6.45) is 1.61. The van der Waals surface area contributed by atoms with Gasteiger partial charge in [0.05, 0.1) is 5.69 Å². The van der Waals surface area contributed by atoms with E-state index in [-0.39, 0.29) is 18.3 Å². The van der Waals surface area contributed by atoms with Crippen LogP contribution in [-0.4, -0.2) is 20.6 Å². The average Bonchev–Trinajstić information content (AvgIpc) is 2.95. The SMILES string of the molecule is Cc1cc(C)n(-c2ccc(C(N)=NOCc3ccc(F)cc3Br)cn2)n1. The van der Waals surface area contributed by atoms with Crippen molar-refractivity contribution in [1.82, 2.24) is 14.8 Å². The molecule has 0 radical (unpaired) electrons. The van der Waals surface area contributed by atoms with Gasteiger partial charge < -0.3 is 10.6 Å². The predicted molar refractivity (Wildman–Crippen MR) is 100 cm³/mol. The summed E-state index contributed by atoms with van der Waals surface area (Å²) in [6.45, 7) is 4.06. The van der Waals surface area contributed by atoms with Crippen molar-refractivity contribution in [2.45, 2.75) is 20.5 Å². The fraction of sp³-hybridized carbons (Fsp3) is 0.167. The summed E-state index contributed by atoms with van der Waals surface area (Å²) in [5.41, 5.74) is 9.26. The van der Waals surface area contributed by atoms with Gasteiger partial charge in [-0.15, -0.1) is 0 Å². The van der Waals surface area contributed by atoms with E-state index in [1.54, 1.807) is 23.0 Å². The number of rotatable bonds is 5. The van der Waals surface area contributed by atoms with Crippen molar-refractivity contribution in [2.24, 2.45) is 10.9 Å². The molecule has 0 aliphatic heterocycles. The molecule has 0 fully saturated rings. The van der Waals surface area contributed by atoms with Gasteiger partial charge in [0.25, 0.3) is 0 Å². The molecule has 0 atom stereocenters. The van der Waals surface area contributed by atoms with Crippen LogP contribution in [0.15, 0.2) is 52.2 Å². The van der Waals surface area contributed by atoms with E-state index in [1.807, 2.05) is 26.0 Å². The van der Waals surface area contributed by atoms with Crippen LogP contribution in [0.25, 0.3) is 5.82 Å². The summed E-state index contributed by atoms with van der Waals surface area (Å²) in [7, 11) is 0. The molecule has 0 saturated heterocycles. The van der Waals surface area contributed by atoms with Crippen LogP contribution in [0.5, 0.6) is 0 Å². The van der Waals surface area contributed by atoms with Crippen LogP contribution in [0, 0.1) is 19.7 Å². The molecular weight excluding hydrogens is 401 g/mol. The van der Waals surface area contributed by atoms with E-state index in [2.05, 4.69) is 31.2 Å². The maximum absolute atomic E-state index is 13.1. The zero-order chi connectivity index (χ0) is 18.7. The molecule has 2 N–H and O–H groups in total. The van der Waals surface area contributed by atoms with Crippen LogP contribution in [0.4, 0.5) is 4.39 Å². The summed E-state index contributed by atoms with van der Waals surface area (Å²) in [4.78, 5) is 9.63. The molecule has 1 aromatic carbocycles. The van der Waals surface area contributed by atoms with Gasteiger partial charge in [-0.3, -0.25) is 0 Å². The monoisotopic (exact) mass is 417 g/mol. The van der Waals surface area contributed by atoms with Gasteiger partial charge in [-0.1, -0.05) is 27.2 Å². The highest BCUT2D eigenvalue weighted by atomic mass is 79.9. The zero-order valence-corrected chi connectivity index (χ0v) is 15.9. The Morgan fingerprint density at radius 1 is 1.27 bits per heavy atom. The lowest BCUT2D eigenvalue weighted by Crippen LogP contribution is -2.15. The van der Waals surface area contributed by atoms with E-state index in [0.717, 1.165) is 17.0 Å². The van der Waals surface area contributed by atoms with Gasteiger partial charge in [0.1, 0.15) is 12.4 Å². The number of nitrogens with zero attached hydrogens (tertiary/aromatic N) is 4. The minimum atomic E-state index is -0.322. The molecule has 6 nitrogen and oxygen atoms in total. The lowest BCUT2D eigenvalue weighted by molar-refractivity contribution is 0.130. The fourth-order valence-corrected chi connectivity index (χ4v) is 2.85. The van der Waals surface area contributed by atoms with Crippen LogP contribution in [0.2, 0.25) is 0 Å². The standard InChI is InChI=1S/C18H17BrFN5O/c1-11-7-12(2)25(23-11)17-6-4-13(9-22-17)18(21)24-26-10-14-3-5-15(20)8-16(14)19/h3-9H,10H2,1-2H3,(H2,21,24). The lowest BCUT2D eigenvalue weighted by atomic mass is 10.2. The molecule has 0 bridgehead atoms. The van der Waals surface area contributed by atoms with Gasteiger partial charge in [0.15, 0.2) is 11.7 Å². The summed E-state index contributed by atoms with van der Waals surface area (Å²) in [6, 6.07) is 9.94. The Kier molecular flexibility index (Phi) is 5.32. The number of pyridine rings is 1. The fourth-order valence-electron chi connectivity index (χ4n) is 2.39. The van der Waals surface area contributed by atoms with E-state index in [4.69, 9.17) is 10.6 Å². The number of hydrogen-bond acceptors (Lipinski definition) is 4. The number of hydrogen-bond donors (Lipinski definition) is 1. The third-order valence-corrected chi connectivity index (χ3v) is 4.41. The quantitative estimate of drug-likeness (QED) is 0.390. The Hall–Kier alpha value is -2.74. The number of amidine groups is 1. The van der Waals surface area contributed by atoms with Crippen molar-refractivity contribution in [3.8, 4) is 5.82 Å². The molecule has 0 amide bonds. The van der Waals surface area contributed by atoms with Crippen LogP contribution in [-0.2, 0) is 11.4 Å². The number of benzene rings is 1. The van der Waals surface area contributed by atoms with Gasteiger partial charge >= 0.3 is 0 Å². The second kappa shape index (κ2) is 7.65. The number of oxime groups is 1. The van der Waals surface area contributed by atoms with Crippen molar-refractivity contribution in [2.75, 3.05) is 0 Å². The number of aromatic nitrogens is 3. The Morgan fingerprint density at radius 3 is 2.69 bits per heavy atom. The molecule has 0 spiro atoms. The first kappa shape index (κ1) is 18.1. The van der Waals surface area contributed by atoms with Gasteiger partial charge in [-0.2, -0.15) is 5.10 Å². The molecule has 0 aliphatic carbocycles. The minimum Gasteiger partial charge on any atom is -0.389 e. The van der Waals surface area contributed by atoms with Crippen molar-refractivity contribution < 1.29 is 9.23 Å². The summed E-state index contributed by atoms with van der Waals surface area (Å²) in [5.74, 6) is 0.580. The predicted octanol–water partition coefficient (Wildman–Crippen LogP) is 3.62. The molecule has 8 heteroatoms. The molecule has 26 heavy (non-hydrogen) atoms. The van der Waals surface area contributed by atoms with Gasteiger partial charge in [-0.25, -0.2) is 14.1 Å². The van der Waals surface area contributed by atoms with Crippen molar-refractivity contribution in [3.63, 3.8) is 0 Å². The highest BCUT2D eigenvalue weighted by Crippen LogP contribution is 2.19. The zero-order valence-electron chi connectivity index (χ0n) is 14.3. The topological polar surface area (TPSA) is 78.3 Å².